The van der Waals surface area contributed by atoms with Crippen molar-refractivity contribution in [2.45, 2.75) is 0 Å². The van der Waals surface area contributed by atoms with E-state index in [2.05, 4.69) is 21.9 Å². The third-order valence-electron chi connectivity index (χ3n) is 2.51. The van der Waals surface area contributed by atoms with Gasteiger partial charge in [-0.15, -0.1) is 6.42 Å². The first kappa shape index (κ1) is 11.8. The maximum Gasteiger partial charge on any atom is 0.140 e. The summed E-state index contributed by atoms with van der Waals surface area (Å²) in [5.41, 5.74) is 2.95. The number of terminal acetylenes is 1. The maximum absolute atomic E-state index is 5.41. The number of benzene rings is 2. The number of hydrogen-bond donors (Lipinski definition) is 0. The summed E-state index contributed by atoms with van der Waals surface area (Å²) in [4.78, 5) is 0. The van der Waals surface area contributed by atoms with Crippen LogP contribution < -0.4 is 4.74 Å². The molecule has 0 spiro atoms. The number of ether oxygens (including phenoxy) is 1. The molecule has 2 aromatic carbocycles. The molecule has 0 N–H and O–H groups in total. The molecular weight excluding hydrogens is 276 g/mol. The number of rotatable bonds is 2. The van der Waals surface area contributed by atoms with Crippen molar-refractivity contribution in [2.75, 3.05) is 7.11 Å². The zero-order chi connectivity index (χ0) is 12.3. The monoisotopic (exact) mass is 286 g/mol. The largest absolute Gasteiger partial charge is 0.495 e. The summed E-state index contributed by atoms with van der Waals surface area (Å²) < 4.78 is 6.34. The van der Waals surface area contributed by atoms with Crippen molar-refractivity contribution in [1.29, 1.82) is 0 Å². The van der Waals surface area contributed by atoms with Crippen LogP contribution in [0.5, 0.6) is 5.75 Å². The summed E-state index contributed by atoms with van der Waals surface area (Å²) in [7, 11) is 1.66. The van der Waals surface area contributed by atoms with E-state index in [0.717, 1.165) is 26.9 Å². The first-order valence-corrected chi connectivity index (χ1v) is 5.95. The van der Waals surface area contributed by atoms with Crippen molar-refractivity contribution < 1.29 is 4.74 Å². The molecule has 0 saturated carbocycles. The standard InChI is InChI=1S/C15H11BrO/c1-3-11-6-4-7-12(10-11)13-8-5-9-14(16)15(13)17-2/h1,4-10H,2H3. The van der Waals surface area contributed by atoms with Crippen LogP contribution in [0.2, 0.25) is 0 Å². The molecule has 0 unspecified atom stereocenters. The third-order valence-corrected chi connectivity index (χ3v) is 3.14. The number of halogens is 1. The van der Waals surface area contributed by atoms with Gasteiger partial charge in [-0.3, -0.25) is 0 Å². The first-order chi connectivity index (χ1) is 8.26. The zero-order valence-corrected chi connectivity index (χ0v) is 11.0. The Morgan fingerprint density at radius 1 is 1.18 bits per heavy atom. The number of hydrogen-bond acceptors (Lipinski definition) is 1. The lowest BCUT2D eigenvalue weighted by Crippen LogP contribution is -1.89. The van der Waals surface area contributed by atoms with E-state index in [1.807, 2.05) is 42.5 Å². The van der Waals surface area contributed by atoms with Gasteiger partial charge in [0.05, 0.1) is 11.6 Å². The summed E-state index contributed by atoms with van der Waals surface area (Å²) in [5.74, 6) is 3.46. The molecule has 0 bridgehead atoms. The molecule has 0 saturated heterocycles. The average Bonchev–Trinajstić information content (AvgIpc) is 2.38. The highest BCUT2D eigenvalue weighted by Crippen LogP contribution is 2.36. The van der Waals surface area contributed by atoms with Crippen molar-refractivity contribution in [1.82, 2.24) is 0 Å². The van der Waals surface area contributed by atoms with Gasteiger partial charge in [0.15, 0.2) is 0 Å². The second-order valence-corrected chi connectivity index (χ2v) is 4.40. The van der Waals surface area contributed by atoms with Crippen molar-refractivity contribution in [3.8, 4) is 29.2 Å². The SMILES string of the molecule is C#Cc1cccc(-c2cccc(Br)c2OC)c1. The second kappa shape index (κ2) is 5.07. The van der Waals surface area contributed by atoms with E-state index < -0.39 is 0 Å². The van der Waals surface area contributed by atoms with E-state index >= 15 is 0 Å². The number of methoxy groups -OCH3 is 1. The van der Waals surface area contributed by atoms with E-state index in [1.54, 1.807) is 7.11 Å². The zero-order valence-electron chi connectivity index (χ0n) is 9.41. The summed E-state index contributed by atoms with van der Waals surface area (Å²) in [6, 6.07) is 13.8. The molecule has 0 fully saturated rings. The van der Waals surface area contributed by atoms with E-state index in [1.165, 1.54) is 0 Å². The van der Waals surface area contributed by atoms with Crippen LogP contribution in [0.3, 0.4) is 0 Å². The van der Waals surface area contributed by atoms with Crippen LogP contribution in [0, 0.1) is 12.3 Å². The minimum absolute atomic E-state index is 0.821. The van der Waals surface area contributed by atoms with Gasteiger partial charge in [-0.05, 0) is 39.7 Å². The van der Waals surface area contributed by atoms with Crippen LogP contribution in [-0.4, -0.2) is 7.11 Å². The molecule has 2 aromatic rings. The summed E-state index contributed by atoms with van der Waals surface area (Å²) in [5, 5.41) is 0. The topological polar surface area (TPSA) is 9.23 Å². The molecule has 0 aliphatic rings. The lowest BCUT2D eigenvalue weighted by Gasteiger charge is -2.10. The first-order valence-electron chi connectivity index (χ1n) is 5.16. The molecule has 84 valence electrons. The molecule has 0 amide bonds. The normalized spacial score (nSPS) is 9.71. The van der Waals surface area contributed by atoms with Gasteiger partial charge < -0.3 is 4.74 Å². The van der Waals surface area contributed by atoms with Gasteiger partial charge >= 0.3 is 0 Å². The summed E-state index contributed by atoms with van der Waals surface area (Å²) in [6.45, 7) is 0. The maximum atomic E-state index is 5.41. The van der Waals surface area contributed by atoms with Gasteiger partial charge in [0.2, 0.25) is 0 Å². The van der Waals surface area contributed by atoms with Crippen molar-refractivity contribution >= 4 is 15.9 Å². The smallest absolute Gasteiger partial charge is 0.140 e. The van der Waals surface area contributed by atoms with E-state index in [-0.39, 0.29) is 0 Å². The lowest BCUT2D eigenvalue weighted by molar-refractivity contribution is 0.414. The van der Waals surface area contributed by atoms with Crippen molar-refractivity contribution in [2.24, 2.45) is 0 Å². The Morgan fingerprint density at radius 3 is 2.65 bits per heavy atom. The predicted molar refractivity (Wildman–Crippen MR) is 74.1 cm³/mol. The molecule has 0 heterocycles. The van der Waals surface area contributed by atoms with Gasteiger partial charge in [-0.1, -0.05) is 30.2 Å². The molecule has 2 heteroatoms. The Bertz CT molecular complexity index is 582. The minimum Gasteiger partial charge on any atom is -0.495 e. The molecular formula is C15H11BrO. The fourth-order valence-electron chi connectivity index (χ4n) is 1.72. The highest BCUT2D eigenvalue weighted by Gasteiger charge is 2.08. The fraction of sp³-hybridized carbons (Fsp3) is 0.0667. The fourth-order valence-corrected chi connectivity index (χ4v) is 2.25. The average molecular weight is 287 g/mol. The van der Waals surface area contributed by atoms with Crippen molar-refractivity contribution in [3.05, 3.63) is 52.5 Å². The van der Waals surface area contributed by atoms with Crippen molar-refractivity contribution in [3.63, 3.8) is 0 Å². The second-order valence-electron chi connectivity index (χ2n) is 3.55. The third kappa shape index (κ3) is 2.35. The predicted octanol–water partition coefficient (Wildman–Crippen LogP) is 4.11. The van der Waals surface area contributed by atoms with Gasteiger partial charge in [-0.25, -0.2) is 0 Å². The molecule has 2 rings (SSSR count). The van der Waals surface area contributed by atoms with E-state index in [0.29, 0.717) is 0 Å². The Kier molecular flexibility index (Phi) is 3.51. The van der Waals surface area contributed by atoms with Gasteiger partial charge in [0, 0.05) is 11.1 Å². The lowest BCUT2D eigenvalue weighted by atomic mass is 10.0. The summed E-state index contributed by atoms with van der Waals surface area (Å²) in [6.07, 6.45) is 5.41. The van der Waals surface area contributed by atoms with Gasteiger partial charge in [-0.2, -0.15) is 0 Å². The highest BCUT2D eigenvalue weighted by atomic mass is 79.9. The van der Waals surface area contributed by atoms with Gasteiger partial charge in [0.25, 0.3) is 0 Å². The molecule has 17 heavy (non-hydrogen) atoms. The molecule has 0 aromatic heterocycles. The van der Waals surface area contributed by atoms with E-state index in [4.69, 9.17) is 11.2 Å². The molecule has 0 radical (unpaired) electrons. The van der Waals surface area contributed by atoms with Crippen LogP contribution in [0.25, 0.3) is 11.1 Å². The highest BCUT2D eigenvalue weighted by molar-refractivity contribution is 9.10. The Labute approximate surface area is 110 Å². The van der Waals surface area contributed by atoms with E-state index in [9.17, 15) is 0 Å². The van der Waals surface area contributed by atoms with Crippen LogP contribution in [0.4, 0.5) is 0 Å². The molecule has 0 aliphatic heterocycles. The molecule has 0 atom stereocenters. The Morgan fingerprint density at radius 2 is 1.94 bits per heavy atom. The van der Waals surface area contributed by atoms with Crippen LogP contribution in [0.1, 0.15) is 5.56 Å². The minimum atomic E-state index is 0.821. The quantitative estimate of drug-likeness (QED) is 0.755. The Balaban J connectivity index is 2.60. The van der Waals surface area contributed by atoms with Crippen LogP contribution in [0.15, 0.2) is 46.9 Å². The Hall–Kier alpha value is -1.72. The molecule has 1 nitrogen and oxygen atoms in total. The number of para-hydroxylation sites is 1. The van der Waals surface area contributed by atoms with Crippen LogP contribution in [-0.2, 0) is 0 Å². The van der Waals surface area contributed by atoms with Gasteiger partial charge in [0.1, 0.15) is 5.75 Å². The van der Waals surface area contributed by atoms with Crippen LogP contribution >= 0.6 is 15.9 Å². The molecule has 0 aliphatic carbocycles. The summed E-state index contributed by atoms with van der Waals surface area (Å²) >= 11 is 3.47.